The van der Waals surface area contributed by atoms with Crippen molar-refractivity contribution in [3.63, 3.8) is 0 Å². The molecule has 1 aromatic rings. The number of benzene rings is 1. The Labute approximate surface area is 140 Å². The Morgan fingerprint density at radius 2 is 1.75 bits per heavy atom. The van der Waals surface area contributed by atoms with Crippen molar-refractivity contribution in [2.24, 2.45) is 0 Å². The number of alkyl carbamates (subject to hydrolysis) is 1. The Balaban J connectivity index is 2.37. The molecule has 0 fully saturated rings. The molecule has 4 N–H and O–H groups in total. The van der Waals surface area contributed by atoms with Crippen molar-refractivity contribution in [1.29, 1.82) is 0 Å². The van der Waals surface area contributed by atoms with E-state index in [1.54, 1.807) is 45.0 Å². The lowest BCUT2D eigenvalue weighted by atomic mass is 10.2. The van der Waals surface area contributed by atoms with Crippen LogP contribution in [0.1, 0.15) is 27.7 Å². The summed E-state index contributed by atoms with van der Waals surface area (Å²) in [6.45, 7) is 6.29. The van der Waals surface area contributed by atoms with Crippen LogP contribution in [0.2, 0.25) is 0 Å². The number of nitrogens with two attached hydrogens (primary N) is 1. The zero-order chi connectivity index (χ0) is 18.3. The van der Waals surface area contributed by atoms with Crippen LogP contribution in [-0.4, -0.2) is 36.2 Å². The second-order valence-corrected chi connectivity index (χ2v) is 6.13. The molecule has 0 aliphatic carbocycles. The smallest absolute Gasteiger partial charge is 0.408 e. The van der Waals surface area contributed by atoms with Crippen LogP contribution in [0.5, 0.6) is 5.75 Å². The number of carbonyl (C=O) groups is 3. The van der Waals surface area contributed by atoms with Gasteiger partial charge in [-0.15, -0.1) is 0 Å². The maximum absolute atomic E-state index is 11.8. The summed E-state index contributed by atoms with van der Waals surface area (Å²) in [6.07, 6.45) is -0.713. The number of anilines is 1. The van der Waals surface area contributed by atoms with Gasteiger partial charge in [0.2, 0.25) is 5.91 Å². The Hall–Kier alpha value is -2.77. The first-order chi connectivity index (χ1) is 11.1. The molecule has 0 saturated heterocycles. The third-order valence-corrected chi connectivity index (χ3v) is 2.65. The van der Waals surface area contributed by atoms with Crippen LogP contribution < -0.4 is 21.1 Å². The summed E-state index contributed by atoms with van der Waals surface area (Å²) in [5, 5.41) is 4.75. The lowest BCUT2D eigenvalue weighted by Gasteiger charge is -2.21. The summed E-state index contributed by atoms with van der Waals surface area (Å²) >= 11 is 0. The van der Waals surface area contributed by atoms with Gasteiger partial charge in [-0.05, 0) is 52.0 Å². The van der Waals surface area contributed by atoms with Gasteiger partial charge < -0.3 is 25.8 Å². The van der Waals surface area contributed by atoms with Crippen molar-refractivity contribution in [1.82, 2.24) is 10.6 Å². The monoisotopic (exact) mass is 337 g/mol. The summed E-state index contributed by atoms with van der Waals surface area (Å²) in [4.78, 5) is 35.1. The number of hydrogen-bond acceptors (Lipinski definition) is 6. The van der Waals surface area contributed by atoms with Gasteiger partial charge in [0.05, 0.1) is 0 Å². The average Bonchev–Trinajstić information content (AvgIpc) is 2.45. The number of carbonyl (C=O) groups excluding carboxylic acids is 3. The zero-order valence-electron chi connectivity index (χ0n) is 14.2. The summed E-state index contributed by atoms with van der Waals surface area (Å²) in [5.41, 5.74) is 5.41. The number of nitrogens with one attached hydrogen (secondary N) is 2. The number of nitrogen functional groups attached to an aromatic ring is 1. The number of hydrogen-bond donors (Lipinski definition) is 3. The zero-order valence-corrected chi connectivity index (χ0v) is 14.2. The van der Waals surface area contributed by atoms with Crippen molar-refractivity contribution < 1.29 is 23.9 Å². The van der Waals surface area contributed by atoms with E-state index in [0.717, 1.165) is 0 Å². The van der Waals surface area contributed by atoms with Gasteiger partial charge in [-0.1, -0.05) is 0 Å². The van der Waals surface area contributed by atoms with E-state index in [4.69, 9.17) is 15.2 Å². The van der Waals surface area contributed by atoms with Gasteiger partial charge in [0, 0.05) is 5.69 Å². The molecule has 24 heavy (non-hydrogen) atoms. The molecule has 132 valence electrons. The molecule has 0 aliphatic rings. The molecule has 0 bridgehead atoms. The highest BCUT2D eigenvalue weighted by atomic mass is 16.6. The van der Waals surface area contributed by atoms with Gasteiger partial charge in [0.25, 0.3) is 0 Å². The normalized spacial score (nSPS) is 12.0. The van der Waals surface area contributed by atoms with Crippen molar-refractivity contribution in [2.75, 3.05) is 12.3 Å². The standard InChI is InChI=1S/C16H23N3O5/c1-10(19-15(22)24-16(2,3)4)14(21)18-9-13(20)23-12-7-5-11(17)6-8-12/h5-8,10H,9,17H2,1-4H3,(H,18,21)(H,19,22)/t10-/m0/s1. The Bertz CT molecular complexity index is 593. The molecule has 0 unspecified atom stereocenters. The third-order valence-electron chi connectivity index (χ3n) is 2.65. The fraction of sp³-hybridized carbons (Fsp3) is 0.438. The fourth-order valence-corrected chi connectivity index (χ4v) is 1.57. The predicted octanol–water partition coefficient (Wildman–Crippen LogP) is 1.20. The number of ether oxygens (including phenoxy) is 2. The van der Waals surface area contributed by atoms with Crippen molar-refractivity contribution >= 4 is 23.7 Å². The van der Waals surface area contributed by atoms with Crippen LogP contribution >= 0.6 is 0 Å². The minimum Gasteiger partial charge on any atom is -0.444 e. The van der Waals surface area contributed by atoms with E-state index in [1.807, 2.05) is 0 Å². The van der Waals surface area contributed by atoms with Crippen molar-refractivity contribution in [3.05, 3.63) is 24.3 Å². The summed E-state index contributed by atoms with van der Waals surface area (Å²) in [7, 11) is 0. The minimum atomic E-state index is -0.857. The van der Waals surface area contributed by atoms with Crippen molar-refractivity contribution in [3.8, 4) is 5.75 Å². The topological polar surface area (TPSA) is 120 Å². The SMILES string of the molecule is C[C@H](NC(=O)OC(C)(C)C)C(=O)NCC(=O)Oc1ccc(N)cc1. The number of amides is 2. The highest BCUT2D eigenvalue weighted by molar-refractivity contribution is 5.88. The van der Waals surface area contributed by atoms with E-state index in [-0.39, 0.29) is 6.54 Å². The first-order valence-electron chi connectivity index (χ1n) is 7.40. The molecular formula is C16H23N3O5. The molecule has 0 aromatic heterocycles. The van der Waals surface area contributed by atoms with Crippen LogP contribution in [0.25, 0.3) is 0 Å². The lowest BCUT2D eigenvalue weighted by Crippen LogP contribution is -2.47. The maximum atomic E-state index is 11.8. The van der Waals surface area contributed by atoms with Crippen LogP contribution in [0.15, 0.2) is 24.3 Å². The second kappa shape index (κ2) is 8.19. The molecule has 1 aromatic carbocycles. The minimum absolute atomic E-state index is 0.323. The summed E-state index contributed by atoms with van der Waals surface area (Å²) in [5.74, 6) is -0.851. The molecule has 0 radical (unpaired) electrons. The van der Waals surface area contributed by atoms with E-state index >= 15 is 0 Å². The number of esters is 1. The molecule has 1 atom stereocenters. The van der Waals surface area contributed by atoms with E-state index in [1.165, 1.54) is 6.92 Å². The van der Waals surface area contributed by atoms with E-state index in [0.29, 0.717) is 11.4 Å². The van der Waals surface area contributed by atoms with Gasteiger partial charge >= 0.3 is 12.1 Å². The van der Waals surface area contributed by atoms with Gasteiger partial charge in [0.15, 0.2) is 0 Å². The van der Waals surface area contributed by atoms with Gasteiger partial charge in [-0.2, -0.15) is 0 Å². The Kier molecular flexibility index (Phi) is 6.58. The Morgan fingerprint density at radius 1 is 1.17 bits per heavy atom. The maximum Gasteiger partial charge on any atom is 0.408 e. The molecule has 1 rings (SSSR count). The molecule has 0 saturated carbocycles. The lowest BCUT2D eigenvalue weighted by molar-refractivity contribution is -0.135. The highest BCUT2D eigenvalue weighted by Gasteiger charge is 2.21. The van der Waals surface area contributed by atoms with E-state index < -0.39 is 29.6 Å². The van der Waals surface area contributed by atoms with Gasteiger partial charge in [0.1, 0.15) is 23.9 Å². The first kappa shape index (κ1) is 19.3. The molecule has 2 amide bonds. The molecule has 8 heteroatoms. The van der Waals surface area contributed by atoms with Gasteiger partial charge in [-0.25, -0.2) is 9.59 Å². The van der Waals surface area contributed by atoms with Crippen LogP contribution in [-0.2, 0) is 14.3 Å². The average molecular weight is 337 g/mol. The number of rotatable bonds is 5. The largest absolute Gasteiger partial charge is 0.444 e. The molecule has 0 heterocycles. The molecule has 8 nitrogen and oxygen atoms in total. The summed E-state index contributed by atoms with van der Waals surface area (Å²) in [6, 6.07) is 5.41. The quantitative estimate of drug-likeness (QED) is 0.422. The van der Waals surface area contributed by atoms with Crippen molar-refractivity contribution in [2.45, 2.75) is 39.3 Å². The fourth-order valence-electron chi connectivity index (χ4n) is 1.57. The van der Waals surface area contributed by atoms with Gasteiger partial charge in [-0.3, -0.25) is 4.79 Å². The Morgan fingerprint density at radius 3 is 2.29 bits per heavy atom. The summed E-state index contributed by atoms with van der Waals surface area (Å²) < 4.78 is 10.1. The van der Waals surface area contributed by atoms with E-state index in [9.17, 15) is 14.4 Å². The first-order valence-corrected chi connectivity index (χ1v) is 7.40. The molecule has 0 spiro atoms. The van der Waals surface area contributed by atoms with Crippen LogP contribution in [0.3, 0.4) is 0 Å². The highest BCUT2D eigenvalue weighted by Crippen LogP contribution is 2.13. The predicted molar refractivity (Wildman–Crippen MR) is 88.3 cm³/mol. The van der Waals surface area contributed by atoms with E-state index in [2.05, 4.69) is 10.6 Å². The molecule has 0 aliphatic heterocycles. The third kappa shape index (κ3) is 7.48. The van der Waals surface area contributed by atoms with Crippen LogP contribution in [0.4, 0.5) is 10.5 Å². The van der Waals surface area contributed by atoms with Crippen LogP contribution in [0, 0.1) is 0 Å². The second-order valence-electron chi connectivity index (χ2n) is 6.13. The molecular weight excluding hydrogens is 314 g/mol.